The van der Waals surface area contributed by atoms with Gasteiger partial charge in [-0.2, -0.15) is 0 Å². The number of hydrogen-bond donors (Lipinski definition) is 2. The van der Waals surface area contributed by atoms with Gasteiger partial charge in [-0.1, -0.05) is 75.4 Å². The van der Waals surface area contributed by atoms with Gasteiger partial charge < -0.3 is 11.1 Å². The van der Waals surface area contributed by atoms with Gasteiger partial charge in [0.2, 0.25) is 0 Å². The lowest BCUT2D eigenvalue weighted by Crippen LogP contribution is -2.38. The van der Waals surface area contributed by atoms with Crippen molar-refractivity contribution in [2.24, 2.45) is 11.7 Å². The Kier molecular flexibility index (Phi) is 9.58. The molecule has 0 fully saturated rings. The summed E-state index contributed by atoms with van der Waals surface area (Å²) in [5.41, 5.74) is 10.3. The molecule has 0 aliphatic heterocycles. The zero-order chi connectivity index (χ0) is 19.5. The lowest BCUT2D eigenvalue weighted by atomic mass is 9.93. The molecular weight excluding hydrogens is 328 g/mol. The van der Waals surface area contributed by atoms with E-state index in [1.54, 1.807) is 0 Å². The average molecular weight is 367 g/mol. The maximum absolute atomic E-state index is 6.00. The Hall–Kier alpha value is -1.64. The molecule has 0 aliphatic rings. The summed E-state index contributed by atoms with van der Waals surface area (Å²) in [6.45, 7) is 8.61. The van der Waals surface area contributed by atoms with Gasteiger partial charge in [0, 0.05) is 12.6 Å². The highest BCUT2D eigenvalue weighted by Crippen LogP contribution is 2.18. The largest absolute Gasteiger partial charge is 0.329 e. The van der Waals surface area contributed by atoms with Crippen LogP contribution >= 0.6 is 0 Å². The first-order valence-electron chi connectivity index (χ1n) is 10.6. The van der Waals surface area contributed by atoms with Crippen LogP contribution in [0.15, 0.2) is 54.6 Å². The summed E-state index contributed by atoms with van der Waals surface area (Å²) in [6, 6.07) is 20.3. The molecule has 0 heterocycles. The summed E-state index contributed by atoms with van der Waals surface area (Å²) in [6.07, 6.45) is 5.84. The SMILES string of the molecule is CC(CCc1ccc(C(C)C)cc1)CC(CN)NCCCc1ccccc1. The Morgan fingerprint density at radius 1 is 0.852 bits per heavy atom. The normalized spacial score (nSPS) is 13.7. The third-order valence-corrected chi connectivity index (χ3v) is 5.46. The molecular formula is C25H38N2. The summed E-state index contributed by atoms with van der Waals surface area (Å²) < 4.78 is 0. The summed E-state index contributed by atoms with van der Waals surface area (Å²) in [7, 11) is 0. The molecule has 0 radical (unpaired) electrons. The van der Waals surface area contributed by atoms with Gasteiger partial charge in [-0.15, -0.1) is 0 Å². The standard InChI is InChI=1S/C25H38N2/c1-20(2)24-15-13-23(14-16-24)12-11-21(3)18-25(19-26)27-17-7-10-22-8-5-4-6-9-22/h4-6,8-9,13-16,20-21,25,27H,7,10-12,17-19,26H2,1-3H3. The zero-order valence-electron chi connectivity index (χ0n) is 17.5. The van der Waals surface area contributed by atoms with E-state index in [2.05, 4.69) is 80.7 Å². The van der Waals surface area contributed by atoms with Gasteiger partial charge in [-0.25, -0.2) is 0 Å². The van der Waals surface area contributed by atoms with Crippen molar-refractivity contribution in [3.05, 3.63) is 71.3 Å². The van der Waals surface area contributed by atoms with E-state index in [1.165, 1.54) is 23.1 Å². The zero-order valence-corrected chi connectivity index (χ0v) is 17.5. The molecule has 0 bridgehead atoms. The van der Waals surface area contributed by atoms with Gasteiger partial charge in [-0.3, -0.25) is 0 Å². The minimum Gasteiger partial charge on any atom is -0.329 e. The number of nitrogens with one attached hydrogen (secondary N) is 1. The molecule has 2 aromatic carbocycles. The first kappa shape index (κ1) is 21.7. The highest BCUT2D eigenvalue weighted by molar-refractivity contribution is 5.24. The van der Waals surface area contributed by atoms with E-state index >= 15 is 0 Å². The van der Waals surface area contributed by atoms with Crippen molar-refractivity contribution in [3.63, 3.8) is 0 Å². The number of aryl methyl sites for hydroxylation is 2. The minimum atomic E-state index is 0.430. The Bertz CT molecular complexity index is 619. The topological polar surface area (TPSA) is 38.0 Å². The van der Waals surface area contributed by atoms with Crippen molar-refractivity contribution >= 4 is 0 Å². The Morgan fingerprint density at radius 3 is 2.15 bits per heavy atom. The average Bonchev–Trinajstić information content (AvgIpc) is 2.69. The summed E-state index contributed by atoms with van der Waals surface area (Å²) >= 11 is 0. The van der Waals surface area contributed by atoms with Crippen LogP contribution in [0.3, 0.4) is 0 Å². The molecule has 2 rings (SSSR count). The van der Waals surface area contributed by atoms with Crippen LogP contribution in [0.2, 0.25) is 0 Å². The van der Waals surface area contributed by atoms with Crippen LogP contribution in [0, 0.1) is 5.92 Å². The number of hydrogen-bond acceptors (Lipinski definition) is 2. The maximum atomic E-state index is 6.00. The Morgan fingerprint density at radius 2 is 1.52 bits per heavy atom. The van der Waals surface area contributed by atoms with E-state index in [9.17, 15) is 0 Å². The highest BCUT2D eigenvalue weighted by atomic mass is 14.9. The third-order valence-electron chi connectivity index (χ3n) is 5.46. The molecule has 0 saturated carbocycles. The van der Waals surface area contributed by atoms with E-state index in [0.29, 0.717) is 17.9 Å². The van der Waals surface area contributed by atoms with Gasteiger partial charge in [0.05, 0.1) is 0 Å². The van der Waals surface area contributed by atoms with Crippen molar-refractivity contribution in [3.8, 4) is 0 Å². The molecule has 2 aromatic rings. The molecule has 0 saturated heterocycles. The van der Waals surface area contributed by atoms with Crippen LogP contribution in [0.1, 0.15) is 62.6 Å². The number of benzene rings is 2. The summed E-state index contributed by atoms with van der Waals surface area (Å²) in [5, 5.41) is 3.66. The molecule has 0 spiro atoms. The van der Waals surface area contributed by atoms with Crippen molar-refractivity contribution in [1.29, 1.82) is 0 Å². The van der Waals surface area contributed by atoms with Crippen LogP contribution in [-0.2, 0) is 12.8 Å². The van der Waals surface area contributed by atoms with Crippen LogP contribution < -0.4 is 11.1 Å². The smallest absolute Gasteiger partial charge is 0.0192 e. The lowest BCUT2D eigenvalue weighted by molar-refractivity contribution is 0.388. The molecule has 2 heteroatoms. The molecule has 2 unspecified atom stereocenters. The third kappa shape index (κ3) is 8.28. The van der Waals surface area contributed by atoms with Gasteiger partial charge in [0.25, 0.3) is 0 Å². The first-order valence-corrected chi connectivity index (χ1v) is 10.6. The van der Waals surface area contributed by atoms with Crippen LogP contribution in [-0.4, -0.2) is 19.1 Å². The Labute approximate surface area is 166 Å². The van der Waals surface area contributed by atoms with Crippen molar-refractivity contribution in [2.45, 2.75) is 64.8 Å². The second-order valence-corrected chi connectivity index (χ2v) is 8.25. The fourth-order valence-electron chi connectivity index (χ4n) is 3.59. The van der Waals surface area contributed by atoms with Gasteiger partial charge in [0.1, 0.15) is 0 Å². The quantitative estimate of drug-likeness (QED) is 0.499. The summed E-state index contributed by atoms with van der Waals surface area (Å²) in [4.78, 5) is 0. The molecule has 3 N–H and O–H groups in total. The number of rotatable bonds is 12. The second kappa shape index (κ2) is 11.9. The fourth-order valence-corrected chi connectivity index (χ4v) is 3.59. The van der Waals surface area contributed by atoms with Crippen molar-refractivity contribution in [2.75, 3.05) is 13.1 Å². The Balaban J connectivity index is 1.65. The summed E-state index contributed by atoms with van der Waals surface area (Å²) in [5.74, 6) is 1.29. The van der Waals surface area contributed by atoms with Crippen molar-refractivity contribution in [1.82, 2.24) is 5.32 Å². The lowest BCUT2D eigenvalue weighted by Gasteiger charge is -2.21. The van der Waals surface area contributed by atoms with E-state index in [1.807, 2.05) is 0 Å². The van der Waals surface area contributed by atoms with Crippen molar-refractivity contribution < 1.29 is 0 Å². The molecule has 0 aliphatic carbocycles. The maximum Gasteiger partial charge on any atom is 0.0192 e. The molecule has 148 valence electrons. The first-order chi connectivity index (χ1) is 13.1. The minimum absolute atomic E-state index is 0.430. The molecule has 0 aromatic heterocycles. The molecule has 0 amide bonds. The number of nitrogens with two attached hydrogens (primary N) is 1. The van der Waals surface area contributed by atoms with E-state index < -0.39 is 0 Å². The fraction of sp³-hybridized carbons (Fsp3) is 0.520. The molecule has 2 nitrogen and oxygen atoms in total. The van der Waals surface area contributed by atoms with Gasteiger partial charge in [0.15, 0.2) is 0 Å². The molecule has 27 heavy (non-hydrogen) atoms. The van der Waals surface area contributed by atoms with E-state index in [4.69, 9.17) is 5.73 Å². The highest BCUT2D eigenvalue weighted by Gasteiger charge is 2.11. The second-order valence-electron chi connectivity index (χ2n) is 8.25. The molecule has 2 atom stereocenters. The predicted molar refractivity (Wildman–Crippen MR) is 118 cm³/mol. The predicted octanol–water partition coefficient (Wildman–Crippen LogP) is 5.32. The van der Waals surface area contributed by atoms with E-state index in [-0.39, 0.29) is 0 Å². The van der Waals surface area contributed by atoms with E-state index in [0.717, 1.165) is 38.8 Å². The van der Waals surface area contributed by atoms with Crippen LogP contribution in [0.25, 0.3) is 0 Å². The van der Waals surface area contributed by atoms with Gasteiger partial charge in [-0.05, 0) is 67.2 Å². The van der Waals surface area contributed by atoms with Crippen LogP contribution in [0.5, 0.6) is 0 Å². The van der Waals surface area contributed by atoms with Gasteiger partial charge >= 0.3 is 0 Å². The monoisotopic (exact) mass is 366 g/mol. The van der Waals surface area contributed by atoms with Crippen LogP contribution in [0.4, 0.5) is 0 Å².